The van der Waals surface area contributed by atoms with Crippen molar-refractivity contribution in [1.82, 2.24) is 10.2 Å². The Hall–Kier alpha value is -2.82. The molecule has 0 saturated carbocycles. The zero-order valence-electron chi connectivity index (χ0n) is 14.8. The number of amides is 2. The number of para-hydroxylation sites is 1. The summed E-state index contributed by atoms with van der Waals surface area (Å²) in [6.07, 6.45) is 2.33. The fourth-order valence-corrected chi connectivity index (χ4v) is 2.94. The molecule has 26 heavy (non-hydrogen) atoms. The first-order valence-electron chi connectivity index (χ1n) is 9.05. The van der Waals surface area contributed by atoms with Crippen molar-refractivity contribution in [2.75, 3.05) is 19.7 Å². The maximum absolute atomic E-state index is 12.2. The van der Waals surface area contributed by atoms with Crippen molar-refractivity contribution < 1.29 is 14.3 Å². The summed E-state index contributed by atoms with van der Waals surface area (Å²) in [4.78, 5) is 25.7. The van der Waals surface area contributed by atoms with Crippen LogP contribution in [0.25, 0.3) is 0 Å². The molecule has 0 unspecified atom stereocenters. The molecule has 1 fully saturated rings. The molecule has 1 saturated heterocycles. The molecule has 136 valence electrons. The lowest BCUT2D eigenvalue weighted by Crippen LogP contribution is -2.26. The van der Waals surface area contributed by atoms with E-state index in [0.29, 0.717) is 31.7 Å². The summed E-state index contributed by atoms with van der Waals surface area (Å²) in [7, 11) is 0. The summed E-state index contributed by atoms with van der Waals surface area (Å²) in [6.45, 7) is 2.58. The van der Waals surface area contributed by atoms with Crippen LogP contribution in [0.15, 0.2) is 54.6 Å². The van der Waals surface area contributed by atoms with Gasteiger partial charge in [-0.05, 0) is 42.7 Å². The molecule has 1 heterocycles. The van der Waals surface area contributed by atoms with Crippen LogP contribution in [0.3, 0.4) is 0 Å². The van der Waals surface area contributed by atoms with Gasteiger partial charge in [-0.25, -0.2) is 0 Å². The van der Waals surface area contributed by atoms with Gasteiger partial charge in [0.25, 0.3) is 5.91 Å². The molecule has 0 atom stereocenters. The van der Waals surface area contributed by atoms with Crippen molar-refractivity contribution in [3.05, 3.63) is 65.7 Å². The van der Waals surface area contributed by atoms with E-state index in [9.17, 15) is 9.59 Å². The molecule has 2 amide bonds. The van der Waals surface area contributed by atoms with Crippen LogP contribution in [-0.2, 0) is 11.3 Å². The van der Waals surface area contributed by atoms with Crippen LogP contribution in [0.1, 0.15) is 35.2 Å². The van der Waals surface area contributed by atoms with Crippen molar-refractivity contribution in [3.63, 3.8) is 0 Å². The summed E-state index contributed by atoms with van der Waals surface area (Å²) in [5, 5.41) is 2.90. The molecular formula is C21H24N2O3. The monoisotopic (exact) mass is 352 g/mol. The van der Waals surface area contributed by atoms with Gasteiger partial charge in [0.15, 0.2) is 0 Å². The first kappa shape index (κ1) is 18.0. The second-order valence-electron chi connectivity index (χ2n) is 6.39. The lowest BCUT2D eigenvalue weighted by molar-refractivity contribution is -0.128. The molecule has 0 bridgehead atoms. The minimum absolute atomic E-state index is 0.0893. The number of rotatable bonds is 8. The van der Waals surface area contributed by atoms with Gasteiger partial charge in [0.05, 0.1) is 6.61 Å². The fourth-order valence-electron chi connectivity index (χ4n) is 2.94. The van der Waals surface area contributed by atoms with Gasteiger partial charge in [0.1, 0.15) is 5.75 Å². The summed E-state index contributed by atoms with van der Waals surface area (Å²) in [5.74, 6) is 0.962. The van der Waals surface area contributed by atoms with Gasteiger partial charge in [0, 0.05) is 31.6 Å². The van der Waals surface area contributed by atoms with Crippen molar-refractivity contribution in [2.45, 2.75) is 25.8 Å². The number of carbonyl (C=O) groups is 2. The number of hydrogen-bond donors (Lipinski definition) is 1. The van der Waals surface area contributed by atoms with Crippen molar-refractivity contribution >= 4 is 11.8 Å². The molecule has 2 aromatic rings. The first-order valence-corrected chi connectivity index (χ1v) is 9.05. The summed E-state index contributed by atoms with van der Waals surface area (Å²) in [5.41, 5.74) is 1.68. The number of hydrogen-bond acceptors (Lipinski definition) is 3. The predicted molar refractivity (Wildman–Crippen MR) is 100.0 cm³/mol. The molecule has 1 aliphatic rings. The highest BCUT2D eigenvalue weighted by Crippen LogP contribution is 2.15. The number of nitrogens with one attached hydrogen (secondary N) is 1. The van der Waals surface area contributed by atoms with E-state index in [-0.39, 0.29) is 11.8 Å². The maximum Gasteiger partial charge on any atom is 0.251 e. The highest BCUT2D eigenvalue weighted by Gasteiger charge is 2.19. The van der Waals surface area contributed by atoms with Crippen LogP contribution < -0.4 is 10.1 Å². The molecule has 0 radical (unpaired) electrons. The number of ether oxygens (including phenoxy) is 1. The third-order valence-corrected chi connectivity index (χ3v) is 4.38. The van der Waals surface area contributed by atoms with E-state index in [0.717, 1.165) is 30.7 Å². The molecule has 1 N–H and O–H groups in total. The Morgan fingerprint density at radius 2 is 1.85 bits per heavy atom. The molecule has 0 aliphatic carbocycles. The third-order valence-electron chi connectivity index (χ3n) is 4.38. The van der Waals surface area contributed by atoms with Gasteiger partial charge < -0.3 is 15.0 Å². The van der Waals surface area contributed by atoms with Crippen LogP contribution in [0.5, 0.6) is 5.75 Å². The van der Waals surface area contributed by atoms with E-state index >= 15 is 0 Å². The molecule has 1 aliphatic heterocycles. The highest BCUT2D eigenvalue weighted by atomic mass is 16.5. The van der Waals surface area contributed by atoms with E-state index in [4.69, 9.17) is 4.74 Å². The Balaban J connectivity index is 1.38. The van der Waals surface area contributed by atoms with Gasteiger partial charge in [-0.2, -0.15) is 0 Å². The topological polar surface area (TPSA) is 58.6 Å². The van der Waals surface area contributed by atoms with Gasteiger partial charge in [-0.15, -0.1) is 0 Å². The average Bonchev–Trinajstić information content (AvgIpc) is 3.07. The standard InChI is InChI=1S/C21H24N2O3/c24-20-8-4-14-23(20)16-17-9-11-18(12-10-17)21(25)22-13-5-15-26-19-6-2-1-3-7-19/h1-3,6-7,9-12H,4-5,8,13-16H2,(H,22,25). The Labute approximate surface area is 154 Å². The van der Waals surface area contributed by atoms with Crippen LogP contribution >= 0.6 is 0 Å². The minimum Gasteiger partial charge on any atom is -0.494 e. The third kappa shape index (κ3) is 5.09. The second kappa shape index (κ2) is 9.04. The largest absolute Gasteiger partial charge is 0.494 e. The van der Waals surface area contributed by atoms with Crippen molar-refractivity contribution in [2.24, 2.45) is 0 Å². The number of likely N-dealkylation sites (tertiary alicyclic amines) is 1. The molecule has 5 nitrogen and oxygen atoms in total. The lowest BCUT2D eigenvalue weighted by Gasteiger charge is -2.15. The molecular weight excluding hydrogens is 328 g/mol. The first-order chi connectivity index (χ1) is 12.7. The molecule has 0 aromatic heterocycles. The van der Waals surface area contributed by atoms with Crippen molar-refractivity contribution in [3.8, 4) is 5.75 Å². The van der Waals surface area contributed by atoms with Gasteiger partial charge in [-0.3, -0.25) is 9.59 Å². The maximum atomic E-state index is 12.2. The Kier molecular flexibility index (Phi) is 6.25. The van der Waals surface area contributed by atoms with Gasteiger partial charge in [0.2, 0.25) is 5.91 Å². The number of nitrogens with zero attached hydrogens (tertiary/aromatic N) is 1. The quantitative estimate of drug-likeness (QED) is 0.743. The lowest BCUT2D eigenvalue weighted by atomic mass is 10.1. The molecule has 3 rings (SSSR count). The fraction of sp³-hybridized carbons (Fsp3) is 0.333. The summed E-state index contributed by atoms with van der Waals surface area (Å²) in [6, 6.07) is 17.1. The predicted octanol–water partition coefficient (Wildman–Crippen LogP) is 3.01. The average molecular weight is 352 g/mol. The van der Waals surface area contributed by atoms with Crippen LogP contribution in [-0.4, -0.2) is 36.4 Å². The molecule has 2 aromatic carbocycles. The normalized spacial score (nSPS) is 13.7. The Morgan fingerprint density at radius 1 is 1.08 bits per heavy atom. The molecule has 5 heteroatoms. The van der Waals surface area contributed by atoms with E-state index in [1.165, 1.54) is 0 Å². The zero-order chi connectivity index (χ0) is 18.2. The number of benzene rings is 2. The van der Waals surface area contributed by atoms with E-state index < -0.39 is 0 Å². The van der Waals surface area contributed by atoms with Gasteiger partial charge >= 0.3 is 0 Å². The minimum atomic E-state index is -0.0893. The number of carbonyl (C=O) groups excluding carboxylic acids is 2. The summed E-state index contributed by atoms with van der Waals surface area (Å²) < 4.78 is 5.60. The van der Waals surface area contributed by atoms with E-state index in [2.05, 4.69) is 5.32 Å². The molecule has 0 spiro atoms. The Bertz CT molecular complexity index is 729. The second-order valence-corrected chi connectivity index (χ2v) is 6.39. The van der Waals surface area contributed by atoms with Crippen LogP contribution in [0, 0.1) is 0 Å². The SMILES string of the molecule is O=C(NCCCOc1ccccc1)c1ccc(CN2CCCC2=O)cc1. The van der Waals surface area contributed by atoms with Gasteiger partial charge in [-0.1, -0.05) is 30.3 Å². The van der Waals surface area contributed by atoms with Crippen molar-refractivity contribution in [1.29, 1.82) is 0 Å². The smallest absolute Gasteiger partial charge is 0.251 e. The van der Waals surface area contributed by atoms with E-state index in [1.807, 2.05) is 59.5 Å². The highest BCUT2D eigenvalue weighted by molar-refractivity contribution is 5.94. The van der Waals surface area contributed by atoms with Crippen LogP contribution in [0.4, 0.5) is 0 Å². The van der Waals surface area contributed by atoms with E-state index in [1.54, 1.807) is 0 Å². The summed E-state index contributed by atoms with van der Waals surface area (Å²) >= 11 is 0. The Morgan fingerprint density at radius 3 is 2.54 bits per heavy atom. The van der Waals surface area contributed by atoms with Crippen LogP contribution in [0.2, 0.25) is 0 Å². The zero-order valence-corrected chi connectivity index (χ0v) is 14.8.